The average molecular weight is 653 g/mol. The number of aromatic nitrogens is 2. The molecule has 1 amide bonds. The van der Waals surface area contributed by atoms with Gasteiger partial charge in [0.05, 0.1) is 30.2 Å². The molecule has 0 saturated carbocycles. The SMILES string of the molecule is CCCCCCOc1ccc(C(=O)NC(=S)Nc2ccc(S(=O)(=O)Nc3cc(OC)nc(OC)n3)cc2)cc1Br. The number of thiocarbonyl (C=S) groups is 1. The number of ether oxygens (including phenoxy) is 3. The standard InChI is InChI=1S/C26H30BrN5O6S2/c1-4-5-6-7-14-38-21-13-8-17(15-20(21)27)24(33)31-26(39)28-18-9-11-19(12-10-18)40(34,35)32-22-16-23(36-2)30-25(29-22)37-3/h8-13,15-16H,4-7,14H2,1-3H3,(H,29,30,32)(H2,28,31,33,39). The summed E-state index contributed by atoms with van der Waals surface area (Å²) in [6, 6.07) is 12.1. The Balaban J connectivity index is 1.57. The molecule has 1 heterocycles. The Morgan fingerprint density at radius 3 is 2.40 bits per heavy atom. The van der Waals surface area contributed by atoms with Crippen LogP contribution in [0.2, 0.25) is 0 Å². The third kappa shape index (κ3) is 9.03. The van der Waals surface area contributed by atoms with E-state index in [1.807, 2.05) is 0 Å². The molecule has 214 valence electrons. The Morgan fingerprint density at radius 1 is 1.00 bits per heavy atom. The highest BCUT2D eigenvalue weighted by Crippen LogP contribution is 2.26. The number of unbranched alkanes of at least 4 members (excludes halogenated alkanes) is 3. The minimum Gasteiger partial charge on any atom is -0.492 e. The maximum Gasteiger partial charge on any atom is 0.321 e. The molecule has 2 aromatic carbocycles. The predicted molar refractivity (Wildman–Crippen MR) is 160 cm³/mol. The van der Waals surface area contributed by atoms with Crippen molar-refractivity contribution >= 4 is 60.7 Å². The molecule has 0 spiro atoms. The van der Waals surface area contributed by atoms with E-state index in [0.29, 0.717) is 28.1 Å². The summed E-state index contributed by atoms with van der Waals surface area (Å²) in [7, 11) is -1.24. The molecule has 0 radical (unpaired) electrons. The number of carbonyl (C=O) groups is 1. The molecule has 0 aliphatic carbocycles. The Morgan fingerprint density at radius 2 is 1.75 bits per heavy atom. The summed E-state index contributed by atoms with van der Waals surface area (Å²) in [5.41, 5.74) is 0.863. The van der Waals surface area contributed by atoms with E-state index >= 15 is 0 Å². The summed E-state index contributed by atoms with van der Waals surface area (Å²) < 4.78 is 44.5. The average Bonchev–Trinajstić information content (AvgIpc) is 2.93. The summed E-state index contributed by atoms with van der Waals surface area (Å²) in [4.78, 5) is 20.5. The van der Waals surface area contributed by atoms with Crippen LogP contribution in [0, 0.1) is 0 Å². The van der Waals surface area contributed by atoms with E-state index in [2.05, 4.69) is 48.2 Å². The fourth-order valence-corrected chi connectivity index (χ4v) is 5.07. The van der Waals surface area contributed by atoms with Crippen molar-refractivity contribution in [3.05, 3.63) is 58.6 Å². The number of methoxy groups -OCH3 is 2. The number of benzene rings is 2. The lowest BCUT2D eigenvalue weighted by Gasteiger charge is -2.12. The number of nitrogens with one attached hydrogen (secondary N) is 3. The van der Waals surface area contributed by atoms with Crippen LogP contribution < -0.4 is 29.6 Å². The third-order valence-corrected chi connectivity index (χ3v) is 7.61. The lowest BCUT2D eigenvalue weighted by molar-refractivity contribution is 0.0977. The third-order valence-electron chi connectivity index (χ3n) is 5.41. The van der Waals surface area contributed by atoms with Crippen LogP contribution in [0.15, 0.2) is 57.9 Å². The molecule has 0 fully saturated rings. The smallest absolute Gasteiger partial charge is 0.321 e. The second kappa shape index (κ2) is 14.8. The highest BCUT2D eigenvalue weighted by molar-refractivity contribution is 9.10. The van der Waals surface area contributed by atoms with Gasteiger partial charge in [0, 0.05) is 17.3 Å². The molecule has 14 heteroatoms. The quantitative estimate of drug-likeness (QED) is 0.168. The Kier molecular flexibility index (Phi) is 11.5. The maximum absolute atomic E-state index is 12.8. The van der Waals surface area contributed by atoms with E-state index in [0.717, 1.165) is 19.3 Å². The van der Waals surface area contributed by atoms with Crippen LogP contribution in [0.3, 0.4) is 0 Å². The van der Waals surface area contributed by atoms with Crippen molar-refractivity contribution in [1.82, 2.24) is 15.3 Å². The van der Waals surface area contributed by atoms with Gasteiger partial charge in [-0.05, 0) is 77.0 Å². The molecule has 0 aliphatic rings. The van der Waals surface area contributed by atoms with E-state index in [9.17, 15) is 13.2 Å². The molecule has 1 aromatic heterocycles. The number of nitrogens with zero attached hydrogens (tertiary/aromatic N) is 2. The maximum atomic E-state index is 12.8. The normalized spacial score (nSPS) is 10.9. The van der Waals surface area contributed by atoms with Crippen LogP contribution in [0.4, 0.5) is 11.5 Å². The van der Waals surface area contributed by atoms with E-state index in [1.54, 1.807) is 18.2 Å². The number of amides is 1. The van der Waals surface area contributed by atoms with E-state index in [4.69, 9.17) is 26.4 Å². The summed E-state index contributed by atoms with van der Waals surface area (Å²) in [5.74, 6) is 0.366. The number of hydrogen-bond acceptors (Lipinski definition) is 9. The molecular weight excluding hydrogens is 622 g/mol. The molecule has 0 aliphatic heterocycles. The van der Waals surface area contributed by atoms with Gasteiger partial charge in [-0.2, -0.15) is 9.97 Å². The number of carbonyl (C=O) groups excluding carboxylic acids is 1. The summed E-state index contributed by atoms with van der Waals surface area (Å²) in [6.45, 7) is 2.77. The van der Waals surface area contributed by atoms with Crippen molar-refractivity contribution in [2.45, 2.75) is 37.5 Å². The number of rotatable bonds is 13. The molecule has 11 nitrogen and oxygen atoms in total. The summed E-state index contributed by atoms with van der Waals surface area (Å²) in [6.07, 6.45) is 4.42. The van der Waals surface area contributed by atoms with E-state index < -0.39 is 15.9 Å². The first-order chi connectivity index (χ1) is 19.1. The molecule has 0 atom stereocenters. The van der Waals surface area contributed by atoms with Crippen LogP contribution in [-0.4, -0.2) is 50.2 Å². The van der Waals surface area contributed by atoms with E-state index in [-0.39, 0.29) is 27.7 Å². The second-order valence-corrected chi connectivity index (χ2v) is 11.3. The zero-order valence-corrected chi connectivity index (χ0v) is 25.4. The van der Waals surface area contributed by atoms with Crippen LogP contribution in [-0.2, 0) is 10.0 Å². The highest BCUT2D eigenvalue weighted by atomic mass is 79.9. The van der Waals surface area contributed by atoms with Crippen molar-refractivity contribution in [2.24, 2.45) is 0 Å². The molecule has 3 rings (SSSR count). The molecule has 3 N–H and O–H groups in total. The largest absolute Gasteiger partial charge is 0.492 e. The van der Waals surface area contributed by atoms with Gasteiger partial charge in [0.25, 0.3) is 15.9 Å². The summed E-state index contributed by atoms with van der Waals surface area (Å²) >= 11 is 8.70. The lowest BCUT2D eigenvalue weighted by Crippen LogP contribution is -2.34. The Hall–Kier alpha value is -3.49. The van der Waals surface area contributed by atoms with Gasteiger partial charge in [-0.3, -0.25) is 14.8 Å². The zero-order valence-electron chi connectivity index (χ0n) is 22.2. The molecule has 0 bridgehead atoms. The first kappa shape index (κ1) is 31.0. The Labute approximate surface area is 247 Å². The molecular formula is C26H30BrN5O6S2. The minimum atomic E-state index is -3.98. The van der Waals surface area contributed by atoms with Crippen LogP contribution >= 0.6 is 28.1 Å². The zero-order chi connectivity index (χ0) is 29.1. The van der Waals surface area contributed by atoms with Gasteiger partial charge in [0.15, 0.2) is 10.9 Å². The topological polar surface area (TPSA) is 141 Å². The fourth-order valence-electron chi connectivity index (χ4n) is 3.37. The summed E-state index contributed by atoms with van der Waals surface area (Å²) in [5, 5.41) is 5.52. The van der Waals surface area contributed by atoms with Crippen molar-refractivity contribution in [3.8, 4) is 17.6 Å². The number of anilines is 2. The van der Waals surface area contributed by atoms with Crippen LogP contribution in [0.5, 0.6) is 17.6 Å². The Bertz CT molecular complexity index is 1420. The highest BCUT2D eigenvalue weighted by Gasteiger charge is 2.17. The van der Waals surface area contributed by atoms with Gasteiger partial charge >= 0.3 is 6.01 Å². The fraction of sp³-hybridized carbons (Fsp3) is 0.308. The van der Waals surface area contributed by atoms with Crippen molar-refractivity contribution in [3.63, 3.8) is 0 Å². The van der Waals surface area contributed by atoms with Crippen LogP contribution in [0.25, 0.3) is 0 Å². The number of sulfonamides is 1. The van der Waals surface area contributed by atoms with Crippen LogP contribution in [0.1, 0.15) is 43.0 Å². The lowest BCUT2D eigenvalue weighted by atomic mass is 10.2. The second-order valence-electron chi connectivity index (χ2n) is 8.37. The molecule has 0 saturated heterocycles. The van der Waals surface area contributed by atoms with Gasteiger partial charge in [-0.15, -0.1) is 0 Å². The van der Waals surface area contributed by atoms with Gasteiger partial charge < -0.3 is 19.5 Å². The van der Waals surface area contributed by atoms with Crippen molar-refractivity contribution < 1.29 is 27.4 Å². The van der Waals surface area contributed by atoms with Gasteiger partial charge in [0.1, 0.15) is 5.75 Å². The van der Waals surface area contributed by atoms with Gasteiger partial charge in [-0.25, -0.2) is 8.42 Å². The molecule has 40 heavy (non-hydrogen) atoms. The van der Waals surface area contributed by atoms with Crippen molar-refractivity contribution in [2.75, 3.05) is 30.9 Å². The first-order valence-corrected chi connectivity index (χ1v) is 15.0. The van der Waals surface area contributed by atoms with E-state index in [1.165, 1.54) is 51.0 Å². The van der Waals surface area contributed by atoms with Gasteiger partial charge in [0.2, 0.25) is 5.88 Å². The molecule has 3 aromatic rings. The number of halogens is 1. The van der Waals surface area contributed by atoms with Gasteiger partial charge in [-0.1, -0.05) is 26.2 Å². The monoisotopic (exact) mass is 651 g/mol. The molecule has 0 unspecified atom stereocenters. The first-order valence-electron chi connectivity index (χ1n) is 12.3. The van der Waals surface area contributed by atoms with Crippen molar-refractivity contribution in [1.29, 1.82) is 0 Å². The number of hydrogen-bond donors (Lipinski definition) is 3. The minimum absolute atomic E-state index is 0.0204. The predicted octanol–water partition coefficient (Wildman–Crippen LogP) is 5.14.